The molecule has 16 heavy (non-hydrogen) atoms. The number of terminal acetylenes is 1. The van der Waals surface area contributed by atoms with Crippen LogP contribution in [-0.2, 0) is 9.84 Å². The third kappa shape index (κ3) is 1.97. The molecule has 4 heteroatoms. The number of fused-ring (bicyclic) bond motifs is 1. The molecule has 1 N–H and O–H groups in total. The van der Waals surface area contributed by atoms with Gasteiger partial charge < -0.3 is 0 Å². The lowest BCUT2D eigenvalue weighted by Gasteiger charge is -2.25. The molecule has 1 atom stereocenters. The molecule has 0 spiro atoms. The molecule has 0 aromatic heterocycles. The lowest BCUT2D eigenvalue weighted by Crippen LogP contribution is -2.29. The smallest absolute Gasteiger partial charge is 0.178 e. The molecule has 0 aliphatic carbocycles. The number of sulfone groups is 1. The van der Waals surface area contributed by atoms with E-state index in [2.05, 4.69) is 11.2 Å². The van der Waals surface area contributed by atoms with Crippen molar-refractivity contribution >= 4 is 9.84 Å². The predicted octanol–water partition coefficient (Wildman–Crippen LogP) is 1.13. The maximum absolute atomic E-state index is 11.8. The van der Waals surface area contributed by atoms with Crippen LogP contribution < -0.4 is 5.32 Å². The summed E-state index contributed by atoms with van der Waals surface area (Å²) in [5, 5.41) is 3.16. The molecule has 0 amide bonds. The minimum Gasteiger partial charge on any atom is -0.299 e. The second-order valence-corrected chi connectivity index (χ2v) is 5.86. The summed E-state index contributed by atoms with van der Waals surface area (Å²) >= 11 is 0. The first kappa shape index (κ1) is 11.2. The highest BCUT2D eigenvalue weighted by Gasteiger charge is 2.29. The fourth-order valence-corrected chi connectivity index (χ4v) is 3.61. The van der Waals surface area contributed by atoms with Gasteiger partial charge in [0.15, 0.2) is 9.84 Å². The van der Waals surface area contributed by atoms with Crippen molar-refractivity contribution in [3.8, 4) is 12.3 Å². The Kier molecular flexibility index (Phi) is 2.99. The van der Waals surface area contributed by atoms with Gasteiger partial charge in [0.05, 0.1) is 17.2 Å². The number of benzene rings is 1. The molecule has 84 valence electrons. The van der Waals surface area contributed by atoms with Crippen LogP contribution >= 0.6 is 0 Å². The normalized spacial score (nSPS) is 22.1. The third-order valence-corrected chi connectivity index (χ3v) is 4.57. The third-order valence-electron chi connectivity index (χ3n) is 2.76. The van der Waals surface area contributed by atoms with Crippen molar-refractivity contribution in [2.24, 2.45) is 0 Å². The molecule has 2 rings (SSSR count). The van der Waals surface area contributed by atoms with Gasteiger partial charge in [-0.05, 0) is 18.1 Å². The van der Waals surface area contributed by atoms with Gasteiger partial charge in [-0.2, -0.15) is 0 Å². The topological polar surface area (TPSA) is 46.2 Å². The molecule has 0 radical (unpaired) electrons. The fraction of sp³-hybridized carbons (Fsp3) is 0.333. The molecule has 0 bridgehead atoms. The fourth-order valence-electron chi connectivity index (χ4n) is 1.98. The van der Waals surface area contributed by atoms with Gasteiger partial charge in [0, 0.05) is 6.04 Å². The first-order valence-corrected chi connectivity index (χ1v) is 6.79. The van der Waals surface area contributed by atoms with Crippen LogP contribution in [0, 0.1) is 12.3 Å². The molecule has 3 nitrogen and oxygen atoms in total. The van der Waals surface area contributed by atoms with Crippen LogP contribution in [0.1, 0.15) is 18.0 Å². The van der Waals surface area contributed by atoms with Gasteiger partial charge in [-0.1, -0.05) is 24.1 Å². The molecule has 1 aromatic rings. The standard InChI is InChI=1S/C12H13NO2S/c1-2-8-13-11-7-9-16(14,15)12-6-4-3-5-10(11)12/h1,3-6,11,13H,7-9H2. The van der Waals surface area contributed by atoms with Crippen LogP contribution in [0.5, 0.6) is 0 Å². The van der Waals surface area contributed by atoms with E-state index in [0.717, 1.165) is 5.56 Å². The number of nitrogens with one attached hydrogen (secondary N) is 1. The Morgan fingerprint density at radius 3 is 2.94 bits per heavy atom. The highest BCUT2D eigenvalue weighted by atomic mass is 32.2. The monoisotopic (exact) mass is 235 g/mol. The van der Waals surface area contributed by atoms with Crippen molar-refractivity contribution in [3.05, 3.63) is 29.8 Å². The maximum Gasteiger partial charge on any atom is 0.178 e. The van der Waals surface area contributed by atoms with E-state index < -0.39 is 9.84 Å². The second kappa shape index (κ2) is 4.28. The van der Waals surface area contributed by atoms with Crippen molar-refractivity contribution in [1.29, 1.82) is 0 Å². The summed E-state index contributed by atoms with van der Waals surface area (Å²) in [6, 6.07) is 7.16. The Balaban J connectivity index is 2.40. The Bertz CT molecular complexity index is 528. The molecule has 0 saturated heterocycles. The SMILES string of the molecule is C#CCNC1CCS(=O)(=O)c2ccccc21. The van der Waals surface area contributed by atoms with Crippen molar-refractivity contribution in [2.45, 2.75) is 17.4 Å². The van der Waals surface area contributed by atoms with Crippen LogP contribution in [0.2, 0.25) is 0 Å². The lowest BCUT2D eigenvalue weighted by atomic mass is 10.0. The molecule has 0 saturated carbocycles. The molecule has 1 unspecified atom stereocenters. The molecule has 1 aromatic carbocycles. The van der Waals surface area contributed by atoms with Crippen molar-refractivity contribution in [3.63, 3.8) is 0 Å². The summed E-state index contributed by atoms with van der Waals surface area (Å²) in [6.07, 6.45) is 5.77. The van der Waals surface area contributed by atoms with Gasteiger partial charge in [0.2, 0.25) is 0 Å². The van der Waals surface area contributed by atoms with Gasteiger partial charge in [0.25, 0.3) is 0 Å². The Morgan fingerprint density at radius 1 is 1.44 bits per heavy atom. The molecular weight excluding hydrogens is 222 g/mol. The number of hydrogen-bond acceptors (Lipinski definition) is 3. The largest absolute Gasteiger partial charge is 0.299 e. The van der Waals surface area contributed by atoms with E-state index >= 15 is 0 Å². The molecular formula is C12H13NO2S. The summed E-state index contributed by atoms with van der Waals surface area (Å²) < 4.78 is 23.6. The first-order valence-electron chi connectivity index (χ1n) is 5.13. The van der Waals surface area contributed by atoms with E-state index in [1.165, 1.54) is 0 Å². The summed E-state index contributed by atoms with van der Waals surface area (Å²) in [5.74, 6) is 2.69. The van der Waals surface area contributed by atoms with Crippen LogP contribution in [0.15, 0.2) is 29.2 Å². The summed E-state index contributed by atoms with van der Waals surface area (Å²) in [5.41, 5.74) is 0.837. The molecule has 0 fully saturated rings. The minimum atomic E-state index is -3.09. The van der Waals surface area contributed by atoms with Crippen LogP contribution in [-0.4, -0.2) is 20.7 Å². The Labute approximate surface area is 95.8 Å². The van der Waals surface area contributed by atoms with E-state index in [1.807, 2.05) is 12.1 Å². The van der Waals surface area contributed by atoms with Gasteiger partial charge in [-0.25, -0.2) is 8.42 Å². The molecule has 1 aliphatic rings. The van der Waals surface area contributed by atoms with E-state index in [9.17, 15) is 8.42 Å². The van der Waals surface area contributed by atoms with Gasteiger partial charge >= 0.3 is 0 Å². The highest BCUT2D eigenvalue weighted by Crippen LogP contribution is 2.31. The van der Waals surface area contributed by atoms with Crippen molar-refractivity contribution in [1.82, 2.24) is 5.32 Å². The van der Waals surface area contributed by atoms with Gasteiger partial charge in [-0.3, -0.25) is 5.32 Å². The average molecular weight is 235 g/mol. The first-order chi connectivity index (χ1) is 7.65. The minimum absolute atomic E-state index is 0.0516. The van der Waals surface area contributed by atoms with Crippen LogP contribution in [0.25, 0.3) is 0 Å². The second-order valence-electron chi connectivity index (χ2n) is 3.78. The van der Waals surface area contributed by atoms with E-state index in [1.54, 1.807) is 12.1 Å². The van der Waals surface area contributed by atoms with Crippen LogP contribution in [0.3, 0.4) is 0 Å². The number of rotatable bonds is 2. The van der Waals surface area contributed by atoms with E-state index in [-0.39, 0.29) is 11.8 Å². The van der Waals surface area contributed by atoms with Crippen molar-refractivity contribution < 1.29 is 8.42 Å². The maximum atomic E-state index is 11.8. The molecule has 1 heterocycles. The van der Waals surface area contributed by atoms with E-state index in [0.29, 0.717) is 17.9 Å². The highest BCUT2D eigenvalue weighted by molar-refractivity contribution is 7.91. The van der Waals surface area contributed by atoms with Gasteiger partial charge in [0.1, 0.15) is 0 Å². The zero-order valence-corrected chi connectivity index (χ0v) is 9.63. The number of hydrogen-bond donors (Lipinski definition) is 1. The average Bonchev–Trinajstić information content (AvgIpc) is 2.29. The zero-order valence-electron chi connectivity index (χ0n) is 8.81. The van der Waals surface area contributed by atoms with Gasteiger partial charge in [-0.15, -0.1) is 6.42 Å². The quantitative estimate of drug-likeness (QED) is 0.782. The Hall–Kier alpha value is -1.31. The lowest BCUT2D eigenvalue weighted by molar-refractivity contribution is 0.516. The predicted molar refractivity (Wildman–Crippen MR) is 62.7 cm³/mol. The summed E-state index contributed by atoms with van der Waals surface area (Å²) in [4.78, 5) is 0.441. The summed E-state index contributed by atoms with van der Waals surface area (Å²) in [6.45, 7) is 0.457. The molecule has 1 aliphatic heterocycles. The summed E-state index contributed by atoms with van der Waals surface area (Å²) in [7, 11) is -3.09. The van der Waals surface area contributed by atoms with Crippen molar-refractivity contribution in [2.75, 3.05) is 12.3 Å². The van der Waals surface area contributed by atoms with Crippen LogP contribution in [0.4, 0.5) is 0 Å². The zero-order chi connectivity index (χ0) is 11.6. The van der Waals surface area contributed by atoms with E-state index in [4.69, 9.17) is 6.42 Å². The Morgan fingerprint density at radius 2 is 2.19 bits per heavy atom.